The van der Waals surface area contributed by atoms with Crippen molar-refractivity contribution in [3.8, 4) is 0 Å². The highest BCUT2D eigenvalue weighted by molar-refractivity contribution is 5.04. The smallest absolute Gasteiger partial charge is 0.0406 e. The van der Waals surface area contributed by atoms with E-state index in [0.29, 0.717) is 0 Å². The Hall–Kier alpha value is -0.890. The van der Waals surface area contributed by atoms with Crippen LogP contribution < -0.4 is 0 Å². The lowest BCUT2D eigenvalue weighted by atomic mass is 9.91. The van der Waals surface area contributed by atoms with Gasteiger partial charge in [-0.25, -0.2) is 0 Å². The second-order valence-electron chi connectivity index (χ2n) is 5.66. The van der Waals surface area contributed by atoms with Gasteiger partial charge < -0.3 is 4.90 Å². The molecule has 2 heterocycles. The quantitative estimate of drug-likeness (QED) is 0.793. The molecule has 2 nitrogen and oxygen atoms in total. The number of piperidine rings is 1. The van der Waals surface area contributed by atoms with E-state index in [2.05, 4.69) is 35.9 Å². The molecule has 2 heteroatoms. The molecule has 0 spiro atoms. The van der Waals surface area contributed by atoms with Crippen LogP contribution in [0, 0.1) is 11.8 Å². The van der Waals surface area contributed by atoms with Gasteiger partial charge in [0, 0.05) is 18.4 Å². The Balaban J connectivity index is 1.76. The van der Waals surface area contributed by atoms with Gasteiger partial charge in [0.1, 0.15) is 0 Å². The van der Waals surface area contributed by atoms with Gasteiger partial charge in [0.15, 0.2) is 0 Å². The number of aromatic nitrogens is 1. The first-order valence-corrected chi connectivity index (χ1v) is 6.86. The Kier molecular flexibility index (Phi) is 4.55. The monoisotopic (exact) mass is 232 g/mol. The first-order valence-electron chi connectivity index (χ1n) is 6.86. The molecule has 1 aromatic heterocycles. The van der Waals surface area contributed by atoms with Gasteiger partial charge in [-0.15, -0.1) is 0 Å². The molecule has 0 aromatic carbocycles. The predicted octanol–water partition coefficient (Wildman–Crippen LogP) is 2.99. The van der Waals surface area contributed by atoms with Crippen molar-refractivity contribution in [2.45, 2.75) is 33.1 Å². The standard InChI is InChI=1S/C15H24N2/c1-13(2)12-17-9-6-14(7-10-17)11-15-5-3-4-8-16-15/h3-5,8,13-14H,6-7,9-12H2,1-2H3. The maximum absolute atomic E-state index is 4.43. The third-order valence-corrected chi connectivity index (χ3v) is 3.55. The van der Waals surface area contributed by atoms with Gasteiger partial charge in [-0.3, -0.25) is 4.98 Å². The van der Waals surface area contributed by atoms with Crippen molar-refractivity contribution in [1.29, 1.82) is 0 Å². The zero-order valence-corrected chi connectivity index (χ0v) is 11.1. The molecule has 17 heavy (non-hydrogen) atoms. The molecule has 1 aromatic rings. The van der Waals surface area contributed by atoms with Gasteiger partial charge in [-0.2, -0.15) is 0 Å². The van der Waals surface area contributed by atoms with Crippen LogP contribution in [0.5, 0.6) is 0 Å². The van der Waals surface area contributed by atoms with E-state index >= 15 is 0 Å². The topological polar surface area (TPSA) is 16.1 Å². The molecule has 0 N–H and O–H groups in total. The molecule has 1 saturated heterocycles. The number of hydrogen-bond donors (Lipinski definition) is 0. The molecule has 0 unspecified atom stereocenters. The van der Waals surface area contributed by atoms with E-state index in [4.69, 9.17) is 0 Å². The van der Waals surface area contributed by atoms with Crippen molar-refractivity contribution in [2.24, 2.45) is 11.8 Å². The van der Waals surface area contributed by atoms with Crippen molar-refractivity contribution in [1.82, 2.24) is 9.88 Å². The average Bonchev–Trinajstić information content (AvgIpc) is 2.32. The Labute approximate surface area is 105 Å². The van der Waals surface area contributed by atoms with Gasteiger partial charge in [-0.1, -0.05) is 19.9 Å². The molecule has 1 aliphatic rings. The second-order valence-corrected chi connectivity index (χ2v) is 5.66. The van der Waals surface area contributed by atoms with E-state index in [1.54, 1.807) is 0 Å². The summed E-state index contributed by atoms with van der Waals surface area (Å²) >= 11 is 0. The minimum absolute atomic E-state index is 0.794. The van der Waals surface area contributed by atoms with Crippen LogP contribution in [0.2, 0.25) is 0 Å². The van der Waals surface area contributed by atoms with E-state index in [0.717, 1.165) is 18.3 Å². The maximum atomic E-state index is 4.43. The highest BCUT2D eigenvalue weighted by atomic mass is 15.1. The van der Waals surface area contributed by atoms with Gasteiger partial charge in [-0.05, 0) is 56.3 Å². The first-order chi connectivity index (χ1) is 8.24. The summed E-state index contributed by atoms with van der Waals surface area (Å²) in [6.45, 7) is 8.42. The second kappa shape index (κ2) is 6.15. The van der Waals surface area contributed by atoms with Crippen LogP contribution in [-0.2, 0) is 6.42 Å². The Bertz CT molecular complexity index is 313. The van der Waals surface area contributed by atoms with E-state index in [1.807, 2.05) is 12.3 Å². The molecule has 0 saturated carbocycles. The van der Waals surface area contributed by atoms with Gasteiger partial charge in [0.05, 0.1) is 0 Å². The number of hydrogen-bond acceptors (Lipinski definition) is 2. The van der Waals surface area contributed by atoms with Crippen LogP contribution in [-0.4, -0.2) is 29.5 Å². The summed E-state index contributed by atoms with van der Waals surface area (Å²) in [5.74, 6) is 1.63. The fraction of sp³-hybridized carbons (Fsp3) is 0.667. The highest BCUT2D eigenvalue weighted by Gasteiger charge is 2.19. The summed E-state index contributed by atoms with van der Waals surface area (Å²) in [4.78, 5) is 7.04. The van der Waals surface area contributed by atoms with Crippen LogP contribution in [0.25, 0.3) is 0 Å². The fourth-order valence-electron chi connectivity index (χ4n) is 2.70. The summed E-state index contributed by atoms with van der Waals surface area (Å²) in [7, 11) is 0. The van der Waals surface area contributed by atoms with Crippen LogP contribution >= 0.6 is 0 Å². The average molecular weight is 232 g/mol. The molecule has 0 radical (unpaired) electrons. The van der Waals surface area contributed by atoms with Crippen LogP contribution in [0.3, 0.4) is 0 Å². The third-order valence-electron chi connectivity index (χ3n) is 3.55. The molecule has 0 aliphatic carbocycles. The molecule has 94 valence electrons. The summed E-state index contributed by atoms with van der Waals surface area (Å²) < 4.78 is 0. The van der Waals surface area contributed by atoms with Crippen molar-refractivity contribution < 1.29 is 0 Å². The van der Waals surface area contributed by atoms with Gasteiger partial charge in [0.25, 0.3) is 0 Å². The van der Waals surface area contributed by atoms with Crippen LogP contribution in [0.4, 0.5) is 0 Å². The fourth-order valence-corrected chi connectivity index (χ4v) is 2.70. The summed E-state index contributed by atoms with van der Waals surface area (Å²) in [6.07, 6.45) is 5.74. The van der Waals surface area contributed by atoms with E-state index in [1.165, 1.54) is 38.2 Å². The predicted molar refractivity (Wildman–Crippen MR) is 71.9 cm³/mol. The number of rotatable bonds is 4. The zero-order chi connectivity index (χ0) is 12.1. The molecule has 0 atom stereocenters. The Morgan fingerprint density at radius 3 is 2.65 bits per heavy atom. The molecule has 0 amide bonds. The first kappa shape index (κ1) is 12.6. The normalized spacial score (nSPS) is 18.8. The lowest BCUT2D eigenvalue weighted by Gasteiger charge is -2.32. The summed E-state index contributed by atoms with van der Waals surface area (Å²) in [6, 6.07) is 6.24. The van der Waals surface area contributed by atoms with E-state index < -0.39 is 0 Å². The third kappa shape index (κ3) is 4.12. The van der Waals surface area contributed by atoms with Crippen LogP contribution in [0.15, 0.2) is 24.4 Å². The molecule has 0 bridgehead atoms. The summed E-state index contributed by atoms with van der Waals surface area (Å²) in [5, 5.41) is 0. The Morgan fingerprint density at radius 1 is 1.29 bits per heavy atom. The zero-order valence-electron chi connectivity index (χ0n) is 11.1. The van der Waals surface area contributed by atoms with Crippen molar-refractivity contribution in [3.05, 3.63) is 30.1 Å². The number of pyridine rings is 1. The number of nitrogens with zero attached hydrogens (tertiary/aromatic N) is 2. The minimum Gasteiger partial charge on any atom is -0.303 e. The van der Waals surface area contributed by atoms with E-state index in [9.17, 15) is 0 Å². The maximum Gasteiger partial charge on any atom is 0.0406 e. The molecule has 1 aliphatic heterocycles. The van der Waals surface area contributed by atoms with Crippen molar-refractivity contribution in [2.75, 3.05) is 19.6 Å². The minimum atomic E-state index is 0.794. The molecular weight excluding hydrogens is 208 g/mol. The lowest BCUT2D eigenvalue weighted by molar-refractivity contribution is 0.167. The van der Waals surface area contributed by atoms with E-state index in [-0.39, 0.29) is 0 Å². The van der Waals surface area contributed by atoms with Crippen molar-refractivity contribution in [3.63, 3.8) is 0 Å². The Morgan fingerprint density at radius 2 is 2.06 bits per heavy atom. The molecule has 2 rings (SSSR count). The van der Waals surface area contributed by atoms with Crippen molar-refractivity contribution >= 4 is 0 Å². The summed E-state index contributed by atoms with van der Waals surface area (Å²) in [5.41, 5.74) is 1.26. The number of likely N-dealkylation sites (tertiary alicyclic amines) is 1. The highest BCUT2D eigenvalue weighted by Crippen LogP contribution is 2.21. The van der Waals surface area contributed by atoms with Gasteiger partial charge >= 0.3 is 0 Å². The van der Waals surface area contributed by atoms with Crippen LogP contribution in [0.1, 0.15) is 32.4 Å². The molecule has 1 fully saturated rings. The molecular formula is C15H24N2. The largest absolute Gasteiger partial charge is 0.303 e. The SMILES string of the molecule is CC(C)CN1CCC(Cc2ccccn2)CC1. The van der Waals surface area contributed by atoms with Gasteiger partial charge in [0.2, 0.25) is 0 Å². The lowest BCUT2D eigenvalue weighted by Crippen LogP contribution is -2.36.